The van der Waals surface area contributed by atoms with Crippen molar-refractivity contribution in [1.29, 1.82) is 0 Å². The molecule has 0 bridgehead atoms. The molecule has 0 spiro atoms. The van der Waals surface area contributed by atoms with Gasteiger partial charge in [-0.3, -0.25) is 0 Å². The minimum atomic E-state index is -1.27. The fourth-order valence-electron chi connectivity index (χ4n) is 3.58. The molecule has 3 aromatic rings. The molecule has 0 amide bonds. The van der Waals surface area contributed by atoms with Gasteiger partial charge >= 0.3 is 0 Å². The molecule has 1 N–H and O–H groups in total. The van der Waals surface area contributed by atoms with Crippen LogP contribution in [-0.2, 0) is 11.0 Å². The molecule has 0 aliphatic rings. The predicted octanol–water partition coefficient (Wildman–Crippen LogP) is 4.94. The van der Waals surface area contributed by atoms with E-state index in [1.807, 2.05) is 45.0 Å². The van der Waals surface area contributed by atoms with Crippen LogP contribution in [0.3, 0.4) is 0 Å². The summed E-state index contributed by atoms with van der Waals surface area (Å²) in [5, 5.41) is 2.54. The Bertz CT molecular complexity index is 1020. The first-order chi connectivity index (χ1) is 16.3. The second-order valence-corrected chi connectivity index (χ2v) is 13.0. The summed E-state index contributed by atoms with van der Waals surface area (Å²) in [6.07, 6.45) is 0.754. The average Bonchev–Trinajstić information content (AvgIpc) is 2.85. The summed E-state index contributed by atoms with van der Waals surface area (Å²) in [4.78, 5) is 0. The predicted molar refractivity (Wildman–Crippen MR) is 144 cm³/mol. The molecule has 0 aliphatic heterocycles. The Morgan fingerprint density at radius 2 is 1.29 bits per heavy atom. The van der Waals surface area contributed by atoms with Gasteiger partial charge in [0.2, 0.25) is 5.75 Å². The first-order valence-electron chi connectivity index (χ1n) is 11.1. The first-order valence-corrected chi connectivity index (χ1v) is 13.8. The third kappa shape index (κ3) is 6.38. The van der Waals surface area contributed by atoms with E-state index in [0.29, 0.717) is 17.2 Å². The molecule has 3 rings (SSSR count). The van der Waals surface area contributed by atoms with Gasteiger partial charge in [0.05, 0.1) is 37.1 Å². The molecule has 2 atom stereocenters. The summed E-state index contributed by atoms with van der Waals surface area (Å²) in [5.41, 5.74) is 0.937. The molecule has 5 nitrogen and oxygen atoms in total. The number of hydrogen-bond acceptors (Lipinski definition) is 4. The number of ether oxygens (including phenoxy) is 3. The normalized spacial score (nSPS) is 13.4. The van der Waals surface area contributed by atoms with Crippen LogP contribution in [0.15, 0.2) is 72.8 Å². The van der Waals surface area contributed by atoms with Crippen LogP contribution in [0, 0.1) is 0 Å². The number of methoxy groups -OCH3 is 3. The van der Waals surface area contributed by atoms with Crippen molar-refractivity contribution in [3.05, 3.63) is 78.4 Å². The number of benzene rings is 3. The Morgan fingerprint density at radius 3 is 1.68 bits per heavy atom. The number of hydrogen-bond donors (Lipinski definition) is 1. The van der Waals surface area contributed by atoms with Crippen molar-refractivity contribution in [2.75, 3.05) is 27.5 Å². The van der Waals surface area contributed by atoms with Gasteiger partial charge in [0.1, 0.15) is 0 Å². The Balaban J connectivity index is 2.11. The fourth-order valence-corrected chi connectivity index (χ4v) is 6.98. The quantitative estimate of drug-likeness (QED) is 0.402. The molecule has 7 heteroatoms. The molecule has 0 radical (unpaired) electrons. The van der Waals surface area contributed by atoms with Crippen LogP contribution >= 0.6 is 7.92 Å². The average molecular weight is 500 g/mol. The highest BCUT2D eigenvalue weighted by Gasteiger charge is 2.28. The smallest absolute Gasteiger partial charge is 0.203 e. The van der Waals surface area contributed by atoms with Crippen LogP contribution in [0.2, 0.25) is 0 Å². The lowest BCUT2D eigenvalue weighted by molar-refractivity contribution is 0.323. The van der Waals surface area contributed by atoms with Crippen molar-refractivity contribution in [1.82, 2.24) is 4.72 Å². The molecule has 1 unspecified atom stereocenters. The molecule has 0 aromatic heterocycles. The van der Waals surface area contributed by atoms with Crippen molar-refractivity contribution in [2.45, 2.75) is 31.6 Å². The standard InChI is InChI=1S/C27H34NO4PS/c1-27(2,3)34(29)28-23(20-17-24(30-4)26(32-6)25(18-20)31-5)19-33(21-13-9-7-10-14-21)22-15-11-8-12-16-22/h7-18,23,28H,19H2,1-6H3/t23-,34?/m1/s1. The van der Waals surface area contributed by atoms with E-state index in [1.54, 1.807) is 21.3 Å². The van der Waals surface area contributed by atoms with Crippen molar-refractivity contribution in [3.8, 4) is 17.2 Å². The van der Waals surface area contributed by atoms with E-state index < -0.39 is 23.7 Å². The summed E-state index contributed by atoms with van der Waals surface area (Å²) in [5.74, 6) is 1.70. The zero-order valence-corrected chi connectivity index (χ0v) is 22.4. The maximum absolute atomic E-state index is 13.3. The monoisotopic (exact) mass is 499 g/mol. The Morgan fingerprint density at radius 1 is 0.824 bits per heavy atom. The zero-order chi connectivity index (χ0) is 24.7. The molecule has 34 heavy (non-hydrogen) atoms. The highest BCUT2D eigenvalue weighted by atomic mass is 32.2. The van der Waals surface area contributed by atoms with Crippen LogP contribution in [0.1, 0.15) is 32.4 Å². The Hall–Kier alpha value is -2.40. The topological polar surface area (TPSA) is 56.8 Å². The van der Waals surface area contributed by atoms with E-state index in [0.717, 1.165) is 11.7 Å². The highest BCUT2D eigenvalue weighted by molar-refractivity contribution is 7.84. The van der Waals surface area contributed by atoms with Crippen molar-refractivity contribution < 1.29 is 18.4 Å². The first kappa shape index (κ1) is 26.2. The summed E-state index contributed by atoms with van der Waals surface area (Å²) in [6.45, 7) is 5.92. The molecule has 0 aliphatic carbocycles. The van der Waals surface area contributed by atoms with Gasteiger partial charge in [-0.2, -0.15) is 0 Å². The molecular formula is C27H34NO4PS. The Kier molecular flexibility index (Phi) is 9.12. The van der Waals surface area contributed by atoms with Gasteiger partial charge in [-0.25, -0.2) is 8.93 Å². The lowest BCUT2D eigenvalue weighted by Crippen LogP contribution is -2.37. The van der Waals surface area contributed by atoms with Gasteiger partial charge in [0.25, 0.3) is 0 Å². The molecular weight excluding hydrogens is 465 g/mol. The lowest BCUT2D eigenvalue weighted by Gasteiger charge is -2.29. The lowest BCUT2D eigenvalue weighted by atomic mass is 10.1. The van der Waals surface area contributed by atoms with Crippen LogP contribution in [0.4, 0.5) is 0 Å². The number of nitrogens with one attached hydrogen (secondary N) is 1. The maximum atomic E-state index is 13.3. The van der Waals surface area contributed by atoms with Gasteiger partial charge in [-0.15, -0.1) is 0 Å². The van der Waals surface area contributed by atoms with E-state index in [2.05, 4.69) is 53.3 Å². The minimum absolute atomic E-state index is 0.208. The molecule has 0 heterocycles. The summed E-state index contributed by atoms with van der Waals surface area (Å²) >= 11 is 0. The fraction of sp³-hybridized carbons (Fsp3) is 0.333. The van der Waals surface area contributed by atoms with Gasteiger partial charge in [0, 0.05) is 6.04 Å². The molecule has 3 aromatic carbocycles. The zero-order valence-electron chi connectivity index (χ0n) is 20.7. The minimum Gasteiger partial charge on any atom is -0.493 e. The third-order valence-corrected chi connectivity index (χ3v) is 9.58. The largest absolute Gasteiger partial charge is 0.493 e. The second kappa shape index (κ2) is 11.8. The van der Waals surface area contributed by atoms with Crippen LogP contribution in [0.5, 0.6) is 17.2 Å². The molecule has 182 valence electrons. The van der Waals surface area contributed by atoms with Crippen LogP contribution in [0.25, 0.3) is 0 Å². The molecule has 0 fully saturated rings. The van der Waals surface area contributed by atoms with Gasteiger partial charge in [-0.05, 0) is 63.2 Å². The highest BCUT2D eigenvalue weighted by Crippen LogP contribution is 2.43. The molecule has 0 saturated heterocycles. The van der Waals surface area contributed by atoms with Gasteiger partial charge < -0.3 is 14.2 Å². The third-order valence-electron chi connectivity index (χ3n) is 5.40. The van der Waals surface area contributed by atoms with E-state index in [1.165, 1.54) is 10.6 Å². The van der Waals surface area contributed by atoms with Crippen LogP contribution < -0.4 is 29.5 Å². The number of rotatable bonds is 10. The van der Waals surface area contributed by atoms with E-state index in [-0.39, 0.29) is 6.04 Å². The van der Waals surface area contributed by atoms with Crippen molar-refractivity contribution in [3.63, 3.8) is 0 Å². The van der Waals surface area contributed by atoms with E-state index in [4.69, 9.17) is 14.2 Å². The summed E-state index contributed by atoms with van der Waals surface area (Å²) in [6, 6.07) is 24.7. The maximum Gasteiger partial charge on any atom is 0.203 e. The van der Waals surface area contributed by atoms with Crippen molar-refractivity contribution >= 4 is 29.5 Å². The summed E-state index contributed by atoms with van der Waals surface area (Å²) < 4.78 is 33.0. The van der Waals surface area contributed by atoms with E-state index >= 15 is 0 Å². The SMILES string of the molecule is COc1cc([C@@H](CP(c2ccccc2)c2ccccc2)NS(=O)C(C)(C)C)cc(OC)c1OC. The van der Waals surface area contributed by atoms with Crippen molar-refractivity contribution in [2.24, 2.45) is 0 Å². The van der Waals surface area contributed by atoms with Crippen LogP contribution in [-0.4, -0.2) is 36.4 Å². The Labute approximate surface area is 207 Å². The summed E-state index contributed by atoms with van der Waals surface area (Å²) in [7, 11) is 2.81. The van der Waals surface area contributed by atoms with Gasteiger partial charge in [0.15, 0.2) is 11.5 Å². The van der Waals surface area contributed by atoms with E-state index in [9.17, 15) is 4.21 Å². The second-order valence-electron chi connectivity index (χ2n) is 8.79. The van der Waals surface area contributed by atoms with Gasteiger partial charge in [-0.1, -0.05) is 60.7 Å². The molecule has 0 saturated carbocycles.